The first-order valence-corrected chi connectivity index (χ1v) is 9.52. The first-order chi connectivity index (χ1) is 15.1. The zero-order valence-corrected chi connectivity index (χ0v) is 17.3. The highest BCUT2D eigenvalue weighted by Crippen LogP contribution is 2.49. The summed E-state index contributed by atoms with van der Waals surface area (Å²) in [5.41, 5.74) is 2.13. The molecule has 0 N–H and O–H groups in total. The molecule has 0 unspecified atom stereocenters. The van der Waals surface area contributed by atoms with Crippen LogP contribution >= 0.6 is 0 Å². The van der Waals surface area contributed by atoms with E-state index in [1.165, 1.54) is 12.1 Å². The van der Waals surface area contributed by atoms with Gasteiger partial charge in [0.05, 0.1) is 43.4 Å². The second kappa shape index (κ2) is 7.34. The molecule has 4 rings (SSSR count). The van der Waals surface area contributed by atoms with Gasteiger partial charge in [-0.2, -0.15) is 0 Å². The summed E-state index contributed by atoms with van der Waals surface area (Å²) in [4.78, 5) is 37.8. The van der Waals surface area contributed by atoms with Crippen LogP contribution in [0.5, 0.6) is 0 Å². The molecular formula is C22H16N4O6. The molecule has 10 nitrogen and oxygen atoms in total. The highest BCUT2D eigenvalue weighted by atomic mass is 16.6. The van der Waals surface area contributed by atoms with E-state index in [-0.39, 0.29) is 28.1 Å². The SMILES string of the molecule is Cc1cc2c(c([N+](=O)[O-])c1)-c1c(cc([N+](=O)[O-])cc1[N+](=O)[O-])C2=Nc1c(C)cccc1C. The van der Waals surface area contributed by atoms with Crippen LogP contribution in [0.2, 0.25) is 0 Å². The fourth-order valence-electron chi connectivity index (χ4n) is 4.03. The number of aryl methyl sites for hydroxylation is 3. The fraction of sp³-hybridized carbons (Fsp3) is 0.136. The molecule has 160 valence electrons. The molecule has 3 aromatic rings. The van der Waals surface area contributed by atoms with Crippen molar-refractivity contribution in [3.05, 3.63) is 101 Å². The molecule has 0 heterocycles. The molecule has 0 spiro atoms. The quantitative estimate of drug-likeness (QED) is 0.308. The van der Waals surface area contributed by atoms with Gasteiger partial charge >= 0.3 is 0 Å². The number of hydrogen-bond acceptors (Lipinski definition) is 7. The van der Waals surface area contributed by atoms with Gasteiger partial charge in [0.2, 0.25) is 0 Å². The number of fused-ring (bicyclic) bond motifs is 3. The molecule has 0 amide bonds. The summed E-state index contributed by atoms with van der Waals surface area (Å²) in [5, 5.41) is 35.2. The van der Waals surface area contributed by atoms with Crippen molar-refractivity contribution in [2.24, 2.45) is 4.99 Å². The predicted molar refractivity (Wildman–Crippen MR) is 118 cm³/mol. The summed E-state index contributed by atoms with van der Waals surface area (Å²) in [5.74, 6) is 0. The monoisotopic (exact) mass is 432 g/mol. The van der Waals surface area contributed by atoms with Gasteiger partial charge < -0.3 is 0 Å². The van der Waals surface area contributed by atoms with Gasteiger partial charge in [-0.1, -0.05) is 18.2 Å². The Labute approximate surface area is 181 Å². The highest BCUT2D eigenvalue weighted by Gasteiger charge is 2.39. The third-order valence-electron chi connectivity index (χ3n) is 5.39. The molecular weight excluding hydrogens is 416 g/mol. The fourth-order valence-corrected chi connectivity index (χ4v) is 4.03. The lowest BCUT2D eigenvalue weighted by molar-refractivity contribution is -0.394. The van der Waals surface area contributed by atoms with Gasteiger partial charge in [0.1, 0.15) is 0 Å². The van der Waals surface area contributed by atoms with Gasteiger partial charge in [0, 0.05) is 23.3 Å². The number of rotatable bonds is 4. The topological polar surface area (TPSA) is 142 Å². The average Bonchev–Trinajstić information content (AvgIpc) is 3.02. The maximum absolute atomic E-state index is 11.8. The van der Waals surface area contributed by atoms with Gasteiger partial charge in [-0.15, -0.1) is 0 Å². The summed E-state index contributed by atoms with van der Waals surface area (Å²) in [7, 11) is 0. The van der Waals surface area contributed by atoms with Crippen molar-refractivity contribution in [3.8, 4) is 11.1 Å². The summed E-state index contributed by atoms with van der Waals surface area (Å²) in [6.45, 7) is 5.36. The second-order valence-corrected chi connectivity index (χ2v) is 7.57. The molecule has 0 bridgehead atoms. The Morgan fingerprint density at radius 3 is 1.78 bits per heavy atom. The van der Waals surface area contributed by atoms with E-state index in [0.717, 1.165) is 17.2 Å². The Bertz CT molecular complexity index is 1370. The minimum absolute atomic E-state index is 0.0349. The molecule has 3 aromatic carbocycles. The zero-order valence-electron chi connectivity index (χ0n) is 17.3. The van der Waals surface area contributed by atoms with Crippen LogP contribution in [0, 0.1) is 51.1 Å². The Hall–Kier alpha value is -4.47. The molecule has 0 saturated carbocycles. The van der Waals surface area contributed by atoms with Crippen molar-refractivity contribution >= 4 is 28.5 Å². The van der Waals surface area contributed by atoms with Crippen molar-refractivity contribution in [2.45, 2.75) is 20.8 Å². The number of para-hydroxylation sites is 1. The first-order valence-electron chi connectivity index (χ1n) is 9.52. The minimum atomic E-state index is -0.763. The van der Waals surface area contributed by atoms with Crippen LogP contribution in [0.3, 0.4) is 0 Å². The lowest BCUT2D eigenvalue weighted by Crippen LogP contribution is -2.02. The molecule has 10 heteroatoms. The molecule has 0 saturated heterocycles. The van der Waals surface area contributed by atoms with Crippen LogP contribution in [0.25, 0.3) is 11.1 Å². The van der Waals surface area contributed by atoms with Crippen molar-refractivity contribution < 1.29 is 14.8 Å². The molecule has 1 aliphatic carbocycles. The van der Waals surface area contributed by atoms with Crippen molar-refractivity contribution in [3.63, 3.8) is 0 Å². The number of aliphatic imine (C=N–C) groups is 1. The van der Waals surface area contributed by atoms with Crippen LogP contribution in [-0.4, -0.2) is 20.5 Å². The number of nitro groups is 3. The maximum atomic E-state index is 11.8. The highest BCUT2D eigenvalue weighted by molar-refractivity contribution is 6.28. The lowest BCUT2D eigenvalue weighted by atomic mass is 10.00. The Kier molecular flexibility index (Phi) is 4.77. The van der Waals surface area contributed by atoms with Crippen LogP contribution < -0.4 is 0 Å². The maximum Gasteiger partial charge on any atom is 0.285 e. The molecule has 0 aliphatic heterocycles. The normalized spacial score (nSPS) is 13.0. The molecule has 1 aliphatic rings. The molecule has 0 atom stereocenters. The van der Waals surface area contributed by atoms with Gasteiger partial charge in [-0.25, -0.2) is 4.99 Å². The van der Waals surface area contributed by atoms with E-state index in [0.29, 0.717) is 16.8 Å². The Balaban J connectivity index is 2.21. The van der Waals surface area contributed by atoms with Gasteiger partial charge in [0.25, 0.3) is 17.1 Å². The van der Waals surface area contributed by atoms with Crippen LogP contribution in [0.15, 0.2) is 47.5 Å². The van der Waals surface area contributed by atoms with E-state index in [1.807, 2.05) is 32.0 Å². The molecule has 0 aromatic heterocycles. The van der Waals surface area contributed by atoms with Gasteiger partial charge in [-0.3, -0.25) is 30.3 Å². The van der Waals surface area contributed by atoms with E-state index in [2.05, 4.69) is 0 Å². The summed E-state index contributed by atoms with van der Waals surface area (Å²) in [6, 6.07) is 10.5. The number of nitro benzene ring substituents is 3. The molecule has 0 fully saturated rings. The number of nitrogens with zero attached hydrogens (tertiary/aromatic N) is 4. The van der Waals surface area contributed by atoms with E-state index < -0.39 is 26.1 Å². The predicted octanol–water partition coefficient (Wildman–Crippen LogP) is 5.49. The Morgan fingerprint density at radius 1 is 0.719 bits per heavy atom. The summed E-state index contributed by atoms with van der Waals surface area (Å²) >= 11 is 0. The van der Waals surface area contributed by atoms with Crippen LogP contribution in [0.4, 0.5) is 22.7 Å². The second-order valence-electron chi connectivity index (χ2n) is 7.57. The third-order valence-corrected chi connectivity index (χ3v) is 5.39. The molecule has 32 heavy (non-hydrogen) atoms. The lowest BCUT2D eigenvalue weighted by Gasteiger charge is -2.08. The average molecular weight is 432 g/mol. The molecule has 0 radical (unpaired) electrons. The zero-order chi connectivity index (χ0) is 23.3. The van der Waals surface area contributed by atoms with Crippen LogP contribution in [0.1, 0.15) is 27.8 Å². The minimum Gasteiger partial charge on any atom is -0.258 e. The third kappa shape index (κ3) is 3.18. The largest absolute Gasteiger partial charge is 0.285 e. The van der Waals surface area contributed by atoms with E-state index in [9.17, 15) is 30.3 Å². The van der Waals surface area contributed by atoms with Crippen molar-refractivity contribution in [2.75, 3.05) is 0 Å². The van der Waals surface area contributed by atoms with Crippen LogP contribution in [-0.2, 0) is 0 Å². The number of non-ortho nitro benzene ring substituents is 1. The number of hydrogen-bond donors (Lipinski definition) is 0. The summed E-state index contributed by atoms with van der Waals surface area (Å²) in [6.07, 6.45) is 0. The standard InChI is InChI=1S/C22H16N4O6/c1-11-7-15-19(17(8-11)25(29)30)20-16(9-14(24(27)28)10-18(20)26(31)32)22(15)23-21-12(2)5-4-6-13(21)3/h4-10H,1-3H3. The smallest absolute Gasteiger partial charge is 0.258 e. The van der Waals surface area contributed by atoms with E-state index in [1.54, 1.807) is 13.0 Å². The van der Waals surface area contributed by atoms with Gasteiger partial charge in [0.15, 0.2) is 0 Å². The summed E-state index contributed by atoms with van der Waals surface area (Å²) < 4.78 is 0. The Morgan fingerprint density at radius 2 is 1.25 bits per heavy atom. The van der Waals surface area contributed by atoms with E-state index in [4.69, 9.17) is 4.99 Å². The van der Waals surface area contributed by atoms with Crippen molar-refractivity contribution in [1.82, 2.24) is 0 Å². The number of benzene rings is 3. The van der Waals surface area contributed by atoms with Gasteiger partial charge in [-0.05, 0) is 43.5 Å². The van der Waals surface area contributed by atoms with E-state index >= 15 is 0 Å². The first kappa shape index (κ1) is 20.8. The van der Waals surface area contributed by atoms with Crippen molar-refractivity contribution in [1.29, 1.82) is 0 Å².